The number of hydrogen-bond donors (Lipinski definition) is 3. The number of halogens is 2. The van der Waals surface area contributed by atoms with Crippen molar-refractivity contribution >= 4 is 5.95 Å². The third-order valence-electron chi connectivity index (χ3n) is 4.37. The molecule has 2 aromatic heterocycles. The summed E-state index contributed by atoms with van der Waals surface area (Å²) in [5.41, 5.74) is 3.36. The highest BCUT2D eigenvalue weighted by Crippen LogP contribution is 2.27. The van der Waals surface area contributed by atoms with Gasteiger partial charge in [0, 0.05) is 24.0 Å². The van der Waals surface area contributed by atoms with Crippen LogP contribution in [0.25, 0.3) is 11.3 Å². The maximum absolute atomic E-state index is 13.3. The van der Waals surface area contributed by atoms with Crippen LogP contribution in [0, 0.1) is 18.6 Å². The number of H-pyrrole nitrogens is 2. The third kappa shape index (κ3) is 2.90. The zero-order valence-electron chi connectivity index (χ0n) is 13.4. The van der Waals surface area contributed by atoms with Gasteiger partial charge in [0.25, 0.3) is 0 Å². The first-order valence-electron chi connectivity index (χ1n) is 7.84. The Morgan fingerprint density at radius 2 is 1.88 bits per heavy atom. The lowest BCUT2D eigenvalue weighted by atomic mass is 10.1. The van der Waals surface area contributed by atoms with E-state index in [-0.39, 0.29) is 11.7 Å². The largest absolute Gasteiger partial charge is 0.351 e. The Morgan fingerprint density at radius 1 is 1.20 bits per heavy atom. The number of fused-ring (bicyclic) bond motifs is 1. The van der Waals surface area contributed by atoms with Crippen LogP contribution < -0.4 is 11.0 Å². The molecule has 1 aromatic carbocycles. The molecular formula is C17H15F2N5O. The molecular weight excluding hydrogens is 328 g/mol. The van der Waals surface area contributed by atoms with E-state index < -0.39 is 11.6 Å². The molecule has 128 valence electrons. The van der Waals surface area contributed by atoms with Crippen LogP contribution in [0.15, 0.2) is 29.3 Å². The van der Waals surface area contributed by atoms with Crippen molar-refractivity contribution in [2.24, 2.45) is 0 Å². The Bertz CT molecular complexity index is 980. The summed E-state index contributed by atoms with van der Waals surface area (Å²) in [6.45, 7) is 1.82. The number of nitrogens with zero attached hydrogens (tertiary/aromatic N) is 2. The molecule has 1 aliphatic rings. The number of aromatic nitrogens is 4. The van der Waals surface area contributed by atoms with Gasteiger partial charge in [-0.15, -0.1) is 0 Å². The van der Waals surface area contributed by atoms with E-state index >= 15 is 0 Å². The van der Waals surface area contributed by atoms with Gasteiger partial charge in [0.1, 0.15) is 0 Å². The first-order chi connectivity index (χ1) is 12.0. The Hall–Kier alpha value is -3.03. The van der Waals surface area contributed by atoms with E-state index in [1.807, 2.05) is 6.92 Å². The predicted molar refractivity (Wildman–Crippen MR) is 88.4 cm³/mol. The number of anilines is 1. The number of aryl methyl sites for hydroxylation is 1. The van der Waals surface area contributed by atoms with E-state index in [9.17, 15) is 13.6 Å². The summed E-state index contributed by atoms with van der Waals surface area (Å²) in [4.78, 5) is 25.1. The van der Waals surface area contributed by atoms with Crippen LogP contribution in [-0.2, 0) is 12.8 Å². The molecule has 0 aliphatic heterocycles. The number of benzene rings is 1. The zero-order valence-corrected chi connectivity index (χ0v) is 13.4. The molecule has 3 aromatic rings. The van der Waals surface area contributed by atoms with E-state index in [4.69, 9.17) is 0 Å². The van der Waals surface area contributed by atoms with Crippen molar-refractivity contribution in [2.45, 2.75) is 25.8 Å². The second kappa shape index (κ2) is 5.80. The van der Waals surface area contributed by atoms with Crippen molar-refractivity contribution in [3.63, 3.8) is 0 Å². The maximum atomic E-state index is 13.3. The Balaban J connectivity index is 1.52. The van der Waals surface area contributed by atoms with Gasteiger partial charge in [-0.05, 0) is 43.0 Å². The van der Waals surface area contributed by atoms with Crippen LogP contribution in [0.2, 0.25) is 0 Å². The number of nitrogens with one attached hydrogen (secondary N) is 3. The average Bonchev–Trinajstić information content (AvgIpc) is 3.14. The summed E-state index contributed by atoms with van der Waals surface area (Å²) in [5.74, 6) is -1.20. The fraction of sp³-hybridized carbons (Fsp3) is 0.235. The summed E-state index contributed by atoms with van der Waals surface area (Å²) in [6.07, 6.45) is 4.37. The molecule has 0 spiro atoms. The fourth-order valence-corrected chi connectivity index (χ4v) is 3.18. The van der Waals surface area contributed by atoms with Gasteiger partial charge in [-0.25, -0.2) is 23.5 Å². The molecule has 0 bridgehead atoms. The van der Waals surface area contributed by atoms with E-state index in [2.05, 4.69) is 25.3 Å². The van der Waals surface area contributed by atoms with E-state index in [1.165, 1.54) is 12.1 Å². The molecule has 25 heavy (non-hydrogen) atoms. The normalized spacial score (nSPS) is 13.9. The van der Waals surface area contributed by atoms with E-state index in [0.717, 1.165) is 16.7 Å². The molecule has 0 atom stereocenters. The summed E-state index contributed by atoms with van der Waals surface area (Å²) in [7, 11) is 0. The quantitative estimate of drug-likeness (QED) is 0.681. The minimum Gasteiger partial charge on any atom is -0.351 e. The Morgan fingerprint density at radius 3 is 2.44 bits per heavy atom. The number of aromatic amines is 2. The molecule has 8 heteroatoms. The first-order valence-corrected chi connectivity index (χ1v) is 7.84. The minimum atomic E-state index is -0.823. The summed E-state index contributed by atoms with van der Waals surface area (Å²) in [5, 5.41) is 3.20. The lowest BCUT2D eigenvalue weighted by Crippen LogP contribution is -2.21. The van der Waals surface area contributed by atoms with E-state index in [0.29, 0.717) is 30.2 Å². The molecule has 2 heterocycles. The van der Waals surface area contributed by atoms with Crippen molar-refractivity contribution in [2.75, 3.05) is 5.32 Å². The fourth-order valence-electron chi connectivity index (χ4n) is 3.18. The van der Waals surface area contributed by atoms with Crippen molar-refractivity contribution in [3.8, 4) is 11.3 Å². The SMILES string of the molecule is Cc1nc(NC2Cc3cc(F)c(F)cc3C2)ncc1-c1c[nH]c(=O)[nH]1. The van der Waals surface area contributed by atoms with Gasteiger partial charge >= 0.3 is 5.69 Å². The summed E-state index contributed by atoms with van der Waals surface area (Å²) < 4.78 is 26.7. The molecule has 0 radical (unpaired) electrons. The van der Waals surface area contributed by atoms with Crippen molar-refractivity contribution in [3.05, 3.63) is 63.5 Å². The van der Waals surface area contributed by atoms with Gasteiger partial charge in [0.2, 0.25) is 5.95 Å². The molecule has 1 aliphatic carbocycles. The highest BCUT2D eigenvalue weighted by atomic mass is 19.2. The highest BCUT2D eigenvalue weighted by Gasteiger charge is 2.24. The van der Waals surface area contributed by atoms with E-state index in [1.54, 1.807) is 12.4 Å². The molecule has 0 unspecified atom stereocenters. The van der Waals surface area contributed by atoms with Crippen LogP contribution in [0.3, 0.4) is 0 Å². The molecule has 3 N–H and O–H groups in total. The predicted octanol–water partition coefficient (Wildman–Crippen LogP) is 2.33. The van der Waals surface area contributed by atoms with Gasteiger partial charge in [-0.1, -0.05) is 0 Å². The topological polar surface area (TPSA) is 86.5 Å². The first kappa shape index (κ1) is 15.5. The van der Waals surface area contributed by atoms with Crippen molar-refractivity contribution in [1.82, 2.24) is 19.9 Å². The molecule has 0 saturated carbocycles. The summed E-state index contributed by atoms with van der Waals surface area (Å²) in [6, 6.07) is 2.49. The molecule has 0 amide bonds. The standard InChI is InChI=1S/C17H15F2N5O/c1-8-12(15-7-21-17(25)24-15)6-20-16(22-8)23-11-2-9-4-13(18)14(19)5-10(9)3-11/h4-7,11H,2-3H2,1H3,(H,20,22,23)(H2,21,24,25). The number of hydrogen-bond acceptors (Lipinski definition) is 4. The van der Waals surface area contributed by atoms with Gasteiger partial charge in [-0.3, -0.25) is 0 Å². The van der Waals surface area contributed by atoms with Crippen LogP contribution >= 0.6 is 0 Å². The van der Waals surface area contributed by atoms with Crippen LogP contribution in [-0.4, -0.2) is 26.0 Å². The summed E-state index contributed by atoms with van der Waals surface area (Å²) >= 11 is 0. The number of rotatable bonds is 3. The van der Waals surface area contributed by atoms with Gasteiger partial charge in [0.15, 0.2) is 11.6 Å². The Labute approximate surface area is 141 Å². The zero-order chi connectivity index (χ0) is 17.6. The smallest absolute Gasteiger partial charge is 0.323 e. The van der Waals surface area contributed by atoms with Crippen LogP contribution in [0.5, 0.6) is 0 Å². The Kier molecular flexibility index (Phi) is 3.60. The lowest BCUT2D eigenvalue weighted by Gasteiger charge is -2.13. The van der Waals surface area contributed by atoms with Crippen LogP contribution in [0.4, 0.5) is 14.7 Å². The second-order valence-electron chi connectivity index (χ2n) is 6.13. The lowest BCUT2D eigenvalue weighted by molar-refractivity contribution is 0.507. The van der Waals surface area contributed by atoms with Gasteiger partial charge in [0.05, 0.1) is 11.4 Å². The van der Waals surface area contributed by atoms with Gasteiger partial charge < -0.3 is 15.3 Å². The number of imidazole rings is 1. The van der Waals surface area contributed by atoms with Crippen molar-refractivity contribution in [1.29, 1.82) is 0 Å². The van der Waals surface area contributed by atoms with Crippen molar-refractivity contribution < 1.29 is 8.78 Å². The molecule has 4 rings (SSSR count). The third-order valence-corrected chi connectivity index (χ3v) is 4.37. The molecule has 0 fully saturated rings. The van der Waals surface area contributed by atoms with Crippen LogP contribution in [0.1, 0.15) is 16.8 Å². The maximum Gasteiger partial charge on any atom is 0.323 e. The minimum absolute atomic E-state index is 0.0199. The monoisotopic (exact) mass is 343 g/mol. The molecule has 0 saturated heterocycles. The van der Waals surface area contributed by atoms with Gasteiger partial charge in [-0.2, -0.15) is 0 Å². The highest BCUT2D eigenvalue weighted by molar-refractivity contribution is 5.60. The average molecular weight is 343 g/mol. The second-order valence-corrected chi connectivity index (χ2v) is 6.13. The molecule has 6 nitrogen and oxygen atoms in total.